The standard InChI is InChI=1S/C12H20N4O/c13-11-6-7-16(15-11)9-12(17)14-8-10-4-2-1-3-5-10/h6-7,10H,1-5,8-9H2,(H2,13,15)(H,14,17). The number of carbonyl (C=O) groups excluding carboxylic acids is 1. The van der Waals surface area contributed by atoms with Crippen molar-refractivity contribution in [3.05, 3.63) is 12.3 Å². The van der Waals surface area contributed by atoms with Crippen LogP contribution in [0.3, 0.4) is 0 Å². The lowest BCUT2D eigenvalue weighted by Gasteiger charge is -2.21. The van der Waals surface area contributed by atoms with E-state index in [9.17, 15) is 4.79 Å². The molecule has 17 heavy (non-hydrogen) atoms. The smallest absolute Gasteiger partial charge is 0.241 e. The molecule has 0 atom stereocenters. The minimum absolute atomic E-state index is 0.0127. The van der Waals surface area contributed by atoms with Crippen LogP contribution in [0.5, 0.6) is 0 Å². The van der Waals surface area contributed by atoms with Gasteiger partial charge in [-0.15, -0.1) is 0 Å². The van der Waals surface area contributed by atoms with E-state index in [1.54, 1.807) is 16.9 Å². The number of nitrogens with two attached hydrogens (primary N) is 1. The highest BCUT2D eigenvalue weighted by molar-refractivity contribution is 5.75. The molecular formula is C12H20N4O. The van der Waals surface area contributed by atoms with Crippen LogP contribution in [0.2, 0.25) is 0 Å². The second-order valence-electron chi connectivity index (χ2n) is 4.75. The summed E-state index contributed by atoms with van der Waals surface area (Å²) in [4.78, 5) is 11.7. The topological polar surface area (TPSA) is 72.9 Å². The Labute approximate surface area is 101 Å². The summed E-state index contributed by atoms with van der Waals surface area (Å²) in [6.07, 6.45) is 8.16. The molecule has 0 unspecified atom stereocenters. The van der Waals surface area contributed by atoms with Crippen molar-refractivity contribution in [2.24, 2.45) is 5.92 Å². The maximum absolute atomic E-state index is 11.7. The first-order chi connectivity index (χ1) is 8.24. The van der Waals surface area contributed by atoms with Crippen LogP contribution in [0, 0.1) is 5.92 Å². The second-order valence-corrected chi connectivity index (χ2v) is 4.75. The van der Waals surface area contributed by atoms with Crippen LogP contribution < -0.4 is 11.1 Å². The van der Waals surface area contributed by atoms with Crippen molar-refractivity contribution in [1.82, 2.24) is 15.1 Å². The van der Waals surface area contributed by atoms with Gasteiger partial charge in [-0.3, -0.25) is 9.48 Å². The Morgan fingerprint density at radius 1 is 1.47 bits per heavy atom. The highest BCUT2D eigenvalue weighted by Gasteiger charge is 2.14. The molecule has 1 saturated carbocycles. The quantitative estimate of drug-likeness (QED) is 0.824. The molecule has 3 N–H and O–H groups in total. The first-order valence-corrected chi connectivity index (χ1v) is 6.29. The van der Waals surface area contributed by atoms with Gasteiger partial charge in [-0.1, -0.05) is 19.3 Å². The van der Waals surface area contributed by atoms with Crippen LogP contribution in [0.15, 0.2) is 12.3 Å². The van der Waals surface area contributed by atoms with Gasteiger partial charge in [-0.2, -0.15) is 5.10 Å². The molecular weight excluding hydrogens is 216 g/mol. The molecule has 1 aliphatic rings. The molecule has 1 aromatic rings. The largest absolute Gasteiger partial charge is 0.382 e. The van der Waals surface area contributed by atoms with E-state index in [0.29, 0.717) is 11.7 Å². The summed E-state index contributed by atoms with van der Waals surface area (Å²) in [5.41, 5.74) is 5.48. The third-order valence-electron chi connectivity index (χ3n) is 3.28. The molecule has 2 rings (SSSR count). The van der Waals surface area contributed by atoms with Crippen molar-refractivity contribution in [3.8, 4) is 0 Å². The van der Waals surface area contributed by atoms with Crippen molar-refractivity contribution >= 4 is 11.7 Å². The maximum atomic E-state index is 11.7. The number of hydrogen-bond acceptors (Lipinski definition) is 3. The monoisotopic (exact) mass is 236 g/mol. The Morgan fingerprint density at radius 2 is 2.24 bits per heavy atom. The third kappa shape index (κ3) is 3.76. The van der Waals surface area contributed by atoms with Gasteiger partial charge in [0.15, 0.2) is 0 Å². The van der Waals surface area contributed by atoms with E-state index < -0.39 is 0 Å². The molecule has 0 aromatic carbocycles. The maximum Gasteiger partial charge on any atom is 0.241 e. The molecule has 0 spiro atoms. The molecule has 1 amide bonds. The molecule has 1 heterocycles. The van der Waals surface area contributed by atoms with E-state index in [0.717, 1.165) is 6.54 Å². The van der Waals surface area contributed by atoms with E-state index >= 15 is 0 Å². The predicted molar refractivity (Wildman–Crippen MR) is 66.2 cm³/mol. The van der Waals surface area contributed by atoms with Crippen LogP contribution >= 0.6 is 0 Å². The van der Waals surface area contributed by atoms with Gasteiger partial charge in [0, 0.05) is 12.7 Å². The van der Waals surface area contributed by atoms with E-state index in [2.05, 4.69) is 10.4 Å². The number of nitrogen functional groups attached to an aromatic ring is 1. The van der Waals surface area contributed by atoms with Gasteiger partial charge >= 0.3 is 0 Å². The van der Waals surface area contributed by atoms with Gasteiger partial charge in [-0.05, 0) is 24.8 Å². The fourth-order valence-corrected chi connectivity index (χ4v) is 2.32. The first-order valence-electron chi connectivity index (χ1n) is 6.29. The molecule has 5 heteroatoms. The Morgan fingerprint density at radius 3 is 2.88 bits per heavy atom. The molecule has 1 fully saturated rings. The number of rotatable bonds is 4. The van der Waals surface area contributed by atoms with Crippen LogP contribution in [-0.2, 0) is 11.3 Å². The molecule has 5 nitrogen and oxygen atoms in total. The van der Waals surface area contributed by atoms with Crippen molar-refractivity contribution in [2.75, 3.05) is 12.3 Å². The third-order valence-corrected chi connectivity index (χ3v) is 3.28. The average molecular weight is 236 g/mol. The van der Waals surface area contributed by atoms with E-state index in [1.165, 1.54) is 32.1 Å². The number of hydrogen-bond donors (Lipinski definition) is 2. The molecule has 1 aromatic heterocycles. The lowest BCUT2D eigenvalue weighted by atomic mass is 9.89. The van der Waals surface area contributed by atoms with Crippen molar-refractivity contribution in [1.29, 1.82) is 0 Å². The van der Waals surface area contributed by atoms with Gasteiger partial charge in [0.05, 0.1) is 0 Å². The predicted octanol–water partition coefficient (Wildman–Crippen LogP) is 1.16. The minimum Gasteiger partial charge on any atom is -0.382 e. The molecule has 1 aliphatic carbocycles. The number of carbonyl (C=O) groups is 1. The summed E-state index contributed by atoms with van der Waals surface area (Å²) < 4.78 is 1.56. The number of anilines is 1. The SMILES string of the molecule is Nc1ccn(CC(=O)NCC2CCCCC2)n1. The van der Waals surface area contributed by atoms with E-state index in [1.807, 2.05) is 0 Å². The average Bonchev–Trinajstić information content (AvgIpc) is 2.73. The Hall–Kier alpha value is -1.52. The van der Waals surface area contributed by atoms with E-state index in [4.69, 9.17) is 5.73 Å². The van der Waals surface area contributed by atoms with Crippen molar-refractivity contribution in [3.63, 3.8) is 0 Å². The van der Waals surface area contributed by atoms with Gasteiger partial charge in [0.2, 0.25) is 5.91 Å². The van der Waals surface area contributed by atoms with Crippen molar-refractivity contribution in [2.45, 2.75) is 38.6 Å². The summed E-state index contributed by atoms with van der Waals surface area (Å²) in [5, 5.41) is 6.95. The summed E-state index contributed by atoms with van der Waals surface area (Å²) in [6, 6.07) is 1.69. The molecule has 0 aliphatic heterocycles. The fraction of sp³-hybridized carbons (Fsp3) is 0.667. The lowest BCUT2D eigenvalue weighted by Crippen LogP contribution is -2.32. The fourth-order valence-electron chi connectivity index (χ4n) is 2.32. The van der Waals surface area contributed by atoms with Crippen LogP contribution in [0.1, 0.15) is 32.1 Å². The second kappa shape index (κ2) is 5.70. The number of aromatic nitrogens is 2. The molecule has 0 bridgehead atoms. The zero-order valence-electron chi connectivity index (χ0n) is 10.1. The van der Waals surface area contributed by atoms with Gasteiger partial charge < -0.3 is 11.1 Å². The summed E-state index contributed by atoms with van der Waals surface area (Å²) in [5.74, 6) is 1.12. The van der Waals surface area contributed by atoms with Gasteiger partial charge in [-0.25, -0.2) is 0 Å². The van der Waals surface area contributed by atoms with Gasteiger partial charge in [0.1, 0.15) is 12.4 Å². The number of amides is 1. The highest BCUT2D eigenvalue weighted by atomic mass is 16.2. The van der Waals surface area contributed by atoms with Gasteiger partial charge in [0.25, 0.3) is 0 Å². The van der Waals surface area contributed by atoms with E-state index in [-0.39, 0.29) is 12.5 Å². The molecule has 0 saturated heterocycles. The molecule has 0 radical (unpaired) electrons. The van der Waals surface area contributed by atoms with Crippen LogP contribution in [0.25, 0.3) is 0 Å². The zero-order valence-corrected chi connectivity index (χ0v) is 10.1. The number of nitrogens with zero attached hydrogens (tertiary/aromatic N) is 2. The number of nitrogens with one attached hydrogen (secondary N) is 1. The van der Waals surface area contributed by atoms with Crippen LogP contribution in [0.4, 0.5) is 5.82 Å². The van der Waals surface area contributed by atoms with Crippen molar-refractivity contribution < 1.29 is 4.79 Å². The summed E-state index contributed by atoms with van der Waals surface area (Å²) in [6.45, 7) is 1.06. The first kappa shape index (κ1) is 12.0. The normalized spacial score (nSPS) is 16.9. The Balaban J connectivity index is 1.70. The Bertz CT molecular complexity index is 368. The summed E-state index contributed by atoms with van der Waals surface area (Å²) >= 11 is 0. The summed E-state index contributed by atoms with van der Waals surface area (Å²) in [7, 11) is 0. The lowest BCUT2D eigenvalue weighted by molar-refractivity contribution is -0.122. The van der Waals surface area contributed by atoms with Crippen LogP contribution in [-0.4, -0.2) is 22.2 Å². The zero-order chi connectivity index (χ0) is 12.1. The minimum atomic E-state index is 0.0127. The Kier molecular flexibility index (Phi) is 4.01. The highest BCUT2D eigenvalue weighted by Crippen LogP contribution is 2.22. The molecule has 94 valence electrons.